The van der Waals surface area contributed by atoms with E-state index in [0.29, 0.717) is 24.6 Å². The number of hydrogen-bond acceptors (Lipinski definition) is 6. The summed E-state index contributed by atoms with van der Waals surface area (Å²) >= 11 is 0. The van der Waals surface area contributed by atoms with Crippen molar-refractivity contribution in [1.29, 1.82) is 5.26 Å². The van der Waals surface area contributed by atoms with E-state index in [1.807, 2.05) is 0 Å². The van der Waals surface area contributed by atoms with Gasteiger partial charge in [0.2, 0.25) is 10.0 Å². The Hall–Kier alpha value is -2.35. The summed E-state index contributed by atoms with van der Waals surface area (Å²) in [6.45, 7) is 0.875. The Morgan fingerprint density at radius 1 is 1.52 bits per heavy atom. The number of ether oxygens (including phenoxy) is 1. The fourth-order valence-electron chi connectivity index (χ4n) is 2.78. The minimum Gasteiger partial charge on any atom is -0.377 e. The molecule has 1 aromatic carbocycles. The van der Waals surface area contributed by atoms with Gasteiger partial charge in [-0.15, -0.1) is 0 Å². The quantitative estimate of drug-likeness (QED) is 0.854. The predicted molar refractivity (Wildman–Crippen MR) is 84.1 cm³/mol. The number of halogens is 1. The highest BCUT2D eigenvalue weighted by atomic mass is 32.2. The zero-order valence-corrected chi connectivity index (χ0v) is 14.3. The lowest BCUT2D eigenvalue weighted by Gasteiger charge is -2.23. The summed E-state index contributed by atoms with van der Waals surface area (Å²) in [6.07, 6.45) is 1.28. The molecule has 1 atom stereocenters. The van der Waals surface area contributed by atoms with Crippen molar-refractivity contribution < 1.29 is 17.5 Å². The summed E-state index contributed by atoms with van der Waals surface area (Å²) < 4.78 is 47.8. The number of aromatic nitrogens is 3. The normalized spacial score (nSPS) is 17.1. The Morgan fingerprint density at radius 2 is 2.32 bits per heavy atom. The third-order valence-electron chi connectivity index (χ3n) is 3.84. The van der Waals surface area contributed by atoms with Crippen LogP contribution in [0.4, 0.5) is 4.39 Å². The first-order valence-electron chi connectivity index (χ1n) is 7.59. The van der Waals surface area contributed by atoms with Gasteiger partial charge in [-0.25, -0.2) is 27.2 Å². The Kier molecular flexibility index (Phi) is 4.80. The highest BCUT2D eigenvalue weighted by Gasteiger charge is 2.30. The molecule has 0 saturated heterocycles. The highest BCUT2D eigenvalue weighted by Crippen LogP contribution is 2.26. The fourth-order valence-corrected chi connectivity index (χ4v) is 4.14. The number of aryl methyl sites for hydroxylation is 1. The fraction of sp³-hybridized carbons (Fsp3) is 0.400. The van der Waals surface area contributed by atoms with Crippen molar-refractivity contribution in [2.45, 2.75) is 36.9 Å². The van der Waals surface area contributed by atoms with Crippen molar-refractivity contribution in [3.05, 3.63) is 41.2 Å². The second-order valence-corrected chi connectivity index (χ2v) is 7.29. The van der Waals surface area contributed by atoms with Gasteiger partial charge < -0.3 is 4.74 Å². The molecule has 1 aliphatic rings. The van der Waals surface area contributed by atoms with Crippen molar-refractivity contribution in [2.75, 3.05) is 7.11 Å². The van der Waals surface area contributed by atoms with E-state index in [2.05, 4.69) is 14.8 Å². The molecule has 0 saturated carbocycles. The maximum absolute atomic E-state index is 13.3. The monoisotopic (exact) mass is 365 g/mol. The van der Waals surface area contributed by atoms with Crippen LogP contribution < -0.4 is 4.72 Å². The number of nitrogens with one attached hydrogen (secondary N) is 1. The lowest BCUT2D eigenvalue weighted by atomic mass is 10.1. The molecule has 10 heteroatoms. The van der Waals surface area contributed by atoms with E-state index in [1.54, 1.807) is 10.8 Å². The van der Waals surface area contributed by atoms with Crippen molar-refractivity contribution in [3.8, 4) is 6.07 Å². The van der Waals surface area contributed by atoms with E-state index >= 15 is 0 Å². The summed E-state index contributed by atoms with van der Waals surface area (Å²) in [4.78, 5) is 4.07. The van der Waals surface area contributed by atoms with Gasteiger partial charge in [0.05, 0.1) is 16.5 Å². The number of benzene rings is 1. The molecule has 3 rings (SSSR count). The summed E-state index contributed by atoms with van der Waals surface area (Å²) in [5, 5.41) is 13.4. The van der Waals surface area contributed by atoms with E-state index in [1.165, 1.54) is 7.11 Å². The van der Waals surface area contributed by atoms with Crippen molar-refractivity contribution in [1.82, 2.24) is 19.5 Å². The van der Waals surface area contributed by atoms with Crippen LogP contribution in [0.5, 0.6) is 0 Å². The van der Waals surface area contributed by atoms with Gasteiger partial charge in [0.15, 0.2) is 5.82 Å². The summed E-state index contributed by atoms with van der Waals surface area (Å²) in [7, 11) is -2.49. The number of nitrogens with zero attached hydrogens (tertiary/aromatic N) is 4. The minimum absolute atomic E-state index is 0.232. The highest BCUT2D eigenvalue weighted by molar-refractivity contribution is 7.89. The molecule has 0 radical (unpaired) electrons. The van der Waals surface area contributed by atoms with Crippen LogP contribution in [0.2, 0.25) is 0 Å². The van der Waals surface area contributed by atoms with Crippen LogP contribution in [0.3, 0.4) is 0 Å². The van der Waals surface area contributed by atoms with Crippen LogP contribution in [0, 0.1) is 17.1 Å². The number of fused-ring (bicyclic) bond motifs is 1. The number of hydrogen-bond donors (Lipinski definition) is 1. The molecule has 2 aromatic rings. The van der Waals surface area contributed by atoms with Gasteiger partial charge >= 0.3 is 0 Å². The van der Waals surface area contributed by atoms with Crippen LogP contribution in [0.25, 0.3) is 0 Å². The van der Waals surface area contributed by atoms with E-state index in [0.717, 1.165) is 24.6 Å². The smallest absolute Gasteiger partial charge is 0.242 e. The lowest BCUT2D eigenvalue weighted by Crippen LogP contribution is -2.33. The molecule has 25 heavy (non-hydrogen) atoms. The summed E-state index contributed by atoms with van der Waals surface area (Å²) in [5.74, 6) is 0.308. The maximum atomic E-state index is 13.3. The molecule has 0 aliphatic carbocycles. The summed E-state index contributed by atoms with van der Waals surface area (Å²) in [5.41, 5.74) is -0.246. The first-order chi connectivity index (χ1) is 11.9. The van der Waals surface area contributed by atoms with E-state index in [4.69, 9.17) is 10.00 Å². The predicted octanol–water partition coefficient (Wildman–Crippen LogP) is 1.25. The Morgan fingerprint density at radius 3 is 3.04 bits per heavy atom. The Bertz CT molecular complexity index is 935. The molecular weight excluding hydrogens is 349 g/mol. The van der Waals surface area contributed by atoms with E-state index < -0.39 is 21.9 Å². The van der Waals surface area contributed by atoms with E-state index in [-0.39, 0.29) is 17.1 Å². The summed E-state index contributed by atoms with van der Waals surface area (Å²) in [6, 6.07) is 4.13. The maximum Gasteiger partial charge on any atom is 0.242 e. The molecule has 0 unspecified atom stereocenters. The minimum atomic E-state index is -4.02. The van der Waals surface area contributed by atoms with Crippen LogP contribution in [-0.4, -0.2) is 30.3 Å². The molecule has 0 spiro atoms. The van der Waals surface area contributed by atoms with Crippen molar-refractivity contribution in [3.63, 3.8) is 0 Å². The van der Waals surface area contributed by atoms with Gasteiger partial charge in [-0.2, -0.15) is 10.4 Å². The van der Waals surface area contributed by atoms with Gasteiger partial charge in [0, 0.05) is 13.7 Å². The van der Waals surface area contributed by atoms with Gasteiger partial charge in [-0.05, 0) is 31.0 Å². The molecule has 0 amide bonds. The van der Waals surface area contributed by atoms with Crippen LogP contribution in [0.15, 0.2) is 23.1 Å². The molecule has 132 valence electrons. The number of nitriles is 1. The second-order valence-electron chi connectivity index (χ2n) is 5.61. The third-order valence-corrected chi connectivity index (χ3v) is 5.37. The van der Waals surface area contributed by atoms with Gasteiger partial charge in [-0.1, -0.05) is 0 Å². The second kappa shape index (κ2) is 6.87. The molecule has 0 bridgehead atoms. The Labute approximate surface area is 144 Å². The number of methoxy groups -OCH3 is 1. The molecular formula is C15H16FN5O3S. The topological polar surface area (TPSA) is 110 Å². The lowest BCUT2D eigenvalue weighted by molar-refractivity contribution is 0.177. The standard InChI is InChI=1S/C15H16FN5O3S/c1-24-9-14-18-15-12(3-2-6-21(15)19-14)20-25(22,23)13-5-4-11(16)7-10(13)8-17/h4-5,7,12,20H,2-3,6,9H2,1H3/t12-/m1/s1. The number of rotatable bonds is 5. The SMILES string of the molecule is COCc1nc2n(n1)CCC[C@H]2NS(=O)(=O)c1ccc(F)cc1C#N. The molecule has 2 heterocycles. The third kappa shape index (κ3) is 3.53. The van der Waals surface area contributed by atoms with E-state index in [9.17, 15) is 12.8 Å². The van der Waals surface area contributed by atoms with Gasteiger partial charge in [0.1, 0.15) is 24.3 Å². The first kappa shape index (κ1) is 17.5. The zero-order chi connectivity index (χ0) is 18.0. The molecule has 1 N–H and O–H groups in total. The Balaban J connectivity index is 1.92. The molecule has 0 fully saturated rings. The van der Waals surface area contributed by atoms with Crippen molar-refractivity contribution in [2.24, 2.45) is 0 Å². The average molecular weight is 365 g/mol. The molecule has 1 aliphatic heterocycles. The van der Waals surface area contributed by atoms with Crippen LogP contribution in [-0.2, 0) is 27.9 Å². The van der Waals surface area contributed by atoms with Gasteiger partial charge in [-0.3, -0.25) is 0 Å². The van der Waals surface area contributed by atoms with Gasteiger partial charge in [0.25, 0.3) is 0 Å². The molecule has 8 nitrogen and oxygen atoms in total. The van der Waals surface area contributed by atoms with Crippen LogP contribution >= 0.6 is 0 Å². The van der Waals surface area contributed by atoms with Crippen molar-refractivity contribution >= 4 is 10.0 Å². The average Bonchev–Trinajstić information content (AvgIpc) is 2.98. The zero-order valence-electron chi connectivity index (χ0n) is 13.4. The largest absolute Gasteiger partial charge is 0.377 e. The number of sulfonamides is 1. The molecule has 1 aromatic heterocycles. The van der Waals surface area contributed by atoms with Crippen LogP contribution in [0.1, 0.15) is 36.1 Å². The first-order valence-corrected chi connectivity index (χ1v) is 9.07.